The van der Waals surface area contributed by atoms with Crippen LogP contribution in [-0.2, 0) is 11.3 Å². The maximum atomic E-state index is 13.1. The number of nitrogens with one attached hydrogen (secondary N) is 1. The van der Waals surface area contributed by atoms with Crippen LogP contribution in [0.5, 0.6) is 5.75 Å². The molecule has 0 spiro atoms. The minimum atomic E-state index is -0.295. The number of likely N-dealkylation sites (tertiary alicyclic amines) is 1. The lowest BCUT2D eigenvalue weighted by Gasteiger charge is -2.36. The first kappa shape index (κ1) is 27.1. The Morgan fingerprint density at radius 2 is 1.95 bits per heavy atom. The highest BCUT2D eigenvalue weighted by atomic mass is 35.5. The Kier molecular flexibility index (Phi) is 7.99. The molecule has 2 aromatic heterocycles. The van der Waals surface area contributed by atoms with Gasteiger partial charge in [0.2, 0.25) is 0 Å². The van der Waals surface area contributed by atoms with E-state index < -0.39 is 0 Å². The van der Waals surface area contributed by atoms with Crippen LogP contribution in [0.2, 0.25) is 0 Å². The third-order valence-corrected chi connectivity index (χ3v) is 7.21. The lowest BCUT2D eigenvalue weighted by Crippen LogP contribution is -2.46. The van der Waals surface area contributed by atoms with Crippen LogP contribution in [0.15, 0.2) is 41.2 Å². The molecule has 0 saturated carbocycles. The Morgan fingerprint density at radius 3 is 2.68 bits per heavy atom. The van der Waals surface area contributed by atoms with E-state index >= 15 is 0 Å². The summed E-state index contributed by atoms with van der Waals surface area (Å²) in [5.41, 5.74) is 2.40. The lowest BCUT2D eigenvalue weighted by molar-refractivity contribution is -0.118. The number of piperidine rings is 1. The average molecular weight is 537 g/mol. The predicted octanol–water partition coefficient (Wildman–Crippen LogP) is 2.57. The number of hydrogen-bond donors (Lipinski definition) is 1. The number of nitrogens with zero attached hydrogens (tertiary/aromatic N) is 5. The molecule has 0 bridgehead atoms. The molecule has 0 unspecified atom stereocenters. The molecule has 0 aliphatic carbocycles. The van der Waals surface area contributed by atoms with Crippen LogP contribution in [0.25, 0.3) is 10.9 Å². The van der Waals surface area contributed by atoms with Crippen LogP contribution >= 0.6 is 12.4 Å². The summed E-state index contributed by atoms with van der Waals surface area (Å²) in [7, 11) is 1.78. The van der Waals surface area contributed by atoms with E-state index in [1.807, 2.05) is 13.0 Å². The first-order valence-corrected chi connectivity index (χ1v) is 12.3. The molecule has 2 aliphatic rings. The molecule has 11 heteroatoms. The van der Waals surface area contributed by atoms with Gasteiger partial charge >= 0.3 is 0 Å². The zero-order valence-corrected chi connectivity index (χ0v) is 22.1. The maximum absolute atomic E-state index is 13.1. The minimum absolute atomic E-state index is 0. The SMILES string of the molecule is Cc1cc(=O)n(CCN2CCC(N(C)C(=O)c3ccc4c(n3)NC(=O)CO4)CC2)c2cc(C#N)ccc12.Cl. The number of ether oxygens (including phenoxy) is 1. The molecule has 10 nitrogen and oxygen atoms in total. The maximum Gasteiger partial charge on any atom is 0.272 e. The van der Waals surface area contributed by atoms with Gasteiger partial charge in [-0.3, -0.25) is 14.4 Å². The Hall–Kier alpha value is -3.94. The molecule has 4 heterocycles. The Morgan fingerprint density at radius 1 is 1.18 bits per heavy atom. The van der Waals surface area contributed by atoms with Crippen LogP contribution in [0, 0.1) is 18.3 Å². The van der Waals surface area contributed by atoms with Crippen molar-refractivity contribution in [1.82, 2.24) is 19.4 Å². The molecular weight excluding hydrogens is 508 g/mol. The van der Waals surface area contributed by atoms with Crippen molar-refractivity contribution in [1.29, 1.82) is 5.26 Å². The van der Waals surface area contributed by atoms with E-state index in [9.17, 15) is 19.6 Å². The summed E-state index contributed by atoms with van der Waals surface area (Å²) in [6, 6.07) is 12.6. The number of nitriles is 1. The van der Waals surface area contributed by atoms with E-state index in [-0.39, 0.29) is 53.9 Å². The van der Waals surface area contributed by atoms with Gasteiger partial charge < -0.3 is 24.4 Å². The highest BCUT2D eigenvalue weighted by Crippen LogP contribution is 2.26. The number of pyridine rings is 2. The Labute approximate surface area is 226 Å². The molecule has 0 atom stereocenters. The second-order valence-electron chi connectivity index (χ2n) is 9.53. The monoisotopic (exact) mass is 536 g/mol. The third-order valence-electron chi connectivity index (χ3n) is 7.21. The third kappa shape index (κ3) is 5.35. The predicted molar refractivity (Wildman–Crippen MR) is 145 cm³/mol. The molecule has 1 saturated heterocycles. The van der Waals surface area contributed by atoms with Crippen LogP contribution in [0.4, 0.5) is 5.82 Å². The molecule has 5 rings (SSSR count). The van der Waals surface area contributed by atoms with E-state index in [1.165, 1.54) is 0 Å². The van der Waals surface area contributed by atoms with Gasteiger partial charge in [0.15, 0.2) is 18.2 Å². The number of amides is 2. The number of carbonyl (C=O) groups excluding carboxylic acids is 2. The van der Waals surface area contributed by atoms with Gasteiger partial charge in [-0.25, -0.2) is 4.98 Å². The molecule has 1 N–H and O–H groups in total. The van der Waals surface area contributed by atoms with Crippen molar-refractivity contribution in [3.8, 4) is 11.8 Å². The van der Waals surface area contributed by atoms with Crippen LogP contribution in [-0.4, -0.2) is 70.5 Å². The Bertz CT molecular complexity index is 1490. The lowest BCUT2D eigenvalue weighted by atomic mass is 10.0. The smallest absolute Gasteiger partial charge is 0.272 e. The highest BCUT2D eigenvalue weighted by Gasteiger charge is 2.28. The normalized spacial score (nSPS) is 15.6. The van der Waals surface area contributed by atoms with Crippen molar-refractivity contribution in [2.45, 2.75) is 32.4 Å². The highest BCUT2D eigenvalue weighted by molar-refractivity contribution is 5.97. The van der Waals surface area contributed by atoms with Crippen molar-refractivity contribution in [3.05, 3.63) is 63.6 Å². The first-order chi connectivity index (χ1) is 17.8. The molecule has 1 aromatic carbocycles. The molecular formula is C27H29ClN6O4. The largest absolute Gasteiger partial charge is 0.480 e. The number of aromatic nitrogens is 2. The molecule has 0 radical (unpaired) electrons. The minimum Gasteiger partial charge on any atom is -0.480 e. The van der Waals surface area contributed by atoms with Gasteiger partial charge in [-0.1, -0.05) is 6.07 Å². The Balaban J connectivity index is 0.00000336. The van der Waals surface area contributed by atoms with Crippen molar-refractivity contribution in [2.24, 2.45) is 0 Å². The fourth-order valence-electron chi connectivity index (χ4n) is 5.05. The molecule has 38 heavy (non-hydrogen) atoms. The number of carbonyl (C=O) groups is 2. The topological polar surface area (TPSA) is 121 Å². The number of aryl methyl sites for hydroxylation is 1. The molecule has 2 amide bonds. The van der Waals surface area contributed by atoms with E-state index in [0.717, 1.165) is 42.4 Å². The number of halogens is 1. The fourth-order valence-corrected chi connectivity index (χ4v) is 5.05. The summed E-state index contributed by atoms with van der Waals surface area (Å²) in [6.45, 7) is 4.67. The summed E-state index contributed by atoms with van der Waals surface area (Å²) in [5.74, 6) is 0.228. The number of anilines is 1. The second kappa shape index (κ2) is 11.2. The van der Waals surface area contributed by atoms with Crippen molar-refractivity contribution in [2.75, 3.05) is 38.6 Å². The van der Waals surface area contributed by atoms with Crippen LogP contribution in [0.1, 0.15) is 34.5 Å². The van der Waals surface area contributed by atoms with Crippen molar-refractivity contribution < 1.29 is 14.3 Å². The van der Waals surface area contributed by atoms with Gasteiger partial charge in [-0.15, -0.1) is 12.4 Å². The van der Waals surface area contributed by atoms with Crippen molar-refractivity contribution in [3.63, 3.8) is 0 Å². The van der Waals surface area contributed by atoms with Crippen LogP contribution < -0.4 is 15.6 Å². The molecule has 3 aromatic rings. The molecule has 198 valence electrons. The van der Waals surface area contributed by atoms with E-state index in [2.05, 4.69) is 21.3 Å². The zero-order valence-electron chi connectivity index (χ0n) is 21.3. The van der Waals surface area contributed by atoms with Gasteiger partial charge in [0, 0.05) is 50.7 Å². The standard InChI is InChI=1S/C27H28N6O4.ClH/c1-17-13-25(35)33(22-14-18(15-28)3-4-20(17)22)12-11-32-9-7-19(8-10-32)31(2)27(36)21-5-6-23-26(29-21)30-24(34)16-37-23;/h3-6,13-14,19H,7-12,16H2,1-2H3,(H,29,30,34);1H. The fraction of sp³-hybridized carbons (Fsp3) is 0.370. The van der Waals surface area contributed by atoms with E-state index in [0.29, 0.717) is 24.4 Å². The van der Waals surface area contributed by atoms with Gasteiger partial charge in [0.1, 0.15) is 5.69 Å². The number of hydrogen-bond acceptors (Lipinski definition) is 7. The second-order valence-corrected chi connectivity index (χ2v) is 9.53. The van der Waals surface area contributed by atoms with Gasteiger partial charge in [0.05, 0.1) is 17.1 Å². The number of rotatable bonds is 5. The van der Waals surface area contributed by atoms with Gasteiger partial charge in [-0.05, 0) is 49.6 Å². The summed E-state index contributed by atoms with van der Waals surface area (Å²) >= 11 is 0. The van der Waals surface area contributed by atoms with Gasteiger partial charge in [0.25, 0.3) is 17.4 Å². The summed E-state index contributed by atoms with van der Waals surface area (Å²) < 4.78 is 7.07. The summed E-state index contributed by atoms with van der Waals surface area (Å²) in [4.78, 5) is 45.7. The molecule has 1 fully saturated rings. The first-order valence-electron chi connectivity index (χ1n) is 12.3. The number of benzene rings is 1. The van der Waals surface area contributed by atoms with E-state index in [4.69, 9.17) is 4.74 Å². The summed E-state index contributed by atoms with van der Waals surface area (Å²) in [6.07, 6.45) is 1.60. The van der Waals surface area contributed by atoms with Gasteiger partial charge in [-0.2, -0.15) is 5.26 Å². The summed E-state index contributed by atoms with van der Waals surface area (Å²) in [5, 5.41) is 12.9. The zero-order chi connectivity index (χ0) is 26.1. The van der Waals surface area contributed by atoms with E-state index in [1.54, 1.807) is 46.8 Å². The van der Waals surface area contributed by atoms with Crippen LogP contribution in [0.3, 0.4) is 0 Å². The van der Waals surface area contributed by atoms with Crippen molar-refractivity contribution >= 4 is 40.9 Å². The molecule has 2 aliphatic heterocycles. The number of fused-ring (bicyclic) bond motifs is 2. The average Bonchev–Trinajstić information content (AvgIpc) is 2.91. The quantitative estimate of drug-likeness (QED) is 0.532.